The van der Waals surface area contributed by atoms with Crippen molar-refractivity contribution in [1.29, 1.82) is 0 Å². The Balaban J connectivity index is 2.39. The molecule has 0 fully saturated rings. The predicted octanol–water partition coefficient (Wildman–Crippen LogP) is 1.31. The monoisotopic (exact) mass is 230 g/mol. The summed E-state index contributed by atoms with van der Waals surface area (Å²) >= 11 is 0. The predicted molar refractivity (Wildman–Crippen MR) is 69.5 cm³/mol. The zero-order valence-electron chi connectivity index (χ0n) is 9.92. The van der Waals surface area contributed by atoms with Crippen molar-refractivity contribution in [2.75, 3.05) is 0 Å². The molecule has 0 aliphatic heterocycles. The van der Waals surface area contributed by atoms with Crippen molar-refractivity contribution >= 4 is 23.4 Å². The molecule has 2 aromatic rings. The third kappa shape index (κ3) is 2.78. The lowest BCUT2D eigenvalue weighted by atomic mass is 9.79. The molecular weight excluding hydrogens is 215 g/mol. The van der Waals surface area contributed by atoms with Crippen LogP contribution in [0.25, 0.3) is 10.8 Å². The van der Waals surface area contributed by atoms with Gasteiger partial charge in [0.15, 0.2) is 0 Å². The van der Waals surface area contributed by atoms with Crippen LogP contribution in [0.5, 0.6) is 5.75 Å². The Morgan fingerprint density at radius 2 is 1.65 bits per heavy atom. The highest BCUT2D eigenvalue weighted by atomic mass is 16.5. The molecule has 0 saturated carbocycles. The summed E-state index contributed by atoms with van der Waals surface area (Å²) in [5.74, 6) is 0.824. The average molecular weight is 230 g/mol. The SMILES string of the molecule is CC(C)Oc1ccc2cc(B(O)O)ccc2c1. The van der Waals surface area contributed by atoms with Crippen LogP contribution in [0.2, 0.25) is 0 Å². The molecule has 0 unspecified atom stereocenters. The highest BCUT2D eigenvalue weighted by Crippen LogP contribution is 2.20. The van der Waals surface area contributed by atoms with E-state index < -0.39 is 7.12 Å². The van der Waals surface area contributed by atoms with Gasteiger partial charge >= 0.3 is 7.12 Å². The van der Waals surface area contributed by atoms with Crippen LogP contribution in [-0.4, -0.2) is 23.3 Å². The van der Waals surface area contributed by atoms with Crippen molar-refractivity contribution in [2.45, 2.75) is 20.0 Å². The third-order valence-corrected chi connectivity index (χ3v) is 2.51. The Kier molecular flexibility index (Phi) is 3.36. The van der Waals surface area contributed by atoms with Gasteiger partial charge in [0.25, 0.3) is 0 Å². The Labute approximate surface area is 101 Å². The maximum Gasteiger partial charge on any atom is 0.488 e. The molecule has 0 aromatic heterocycles. The van der Waals surface area contributed by atoms with Gasteiger partial charge in [0, 0.05) is 0 Å². The number of benzene rings is 2. The summed E-state index contributed by atoms with van der Waals surface area (Å²) in [4.78, 5) is 0. The molecule has 88 valence electrons. The zero-order valence-corrected chi connectivity index (χ0v) is 9.92. The van der Waals surface area contributed by atoms with E-state index in [2.05, 4.69) is 0 Å². The zero-order chi connectivity index (χ0) is 12.4. The number of fused-ring (bicyclic) bond motifs is 1. The first-order valence-electron chi connectivity index (χ1n) is 5.63. The van der Waals surface area contributed by atoms with Crippen molar-refractivity contribution in [2.24, 2.45) is 0 Å². The molecule has 0 aliphatic carbocycles. The third-order valence-electron chi connectivity index (χ3n) is 2.51. The maximum atomic E-state index is 9.09. The van der Waals surface area contributed by atoms with Gasteiger partial charge in [0.05, 0.1) is 6.10 Å². The quantitative estimate of drug-likeness (QED) is 0.781. The van der Waals surface area contributed by atoms with Crippen molar-refractivity contribution in [1.82, 2.24) is 0 Å². The minimum Gasteiger partial charge on any atom is -0.491 e. The van der Waals surface area contributed by atoms with E-state index >= 15 is 0 Å². The van der Waals surface area contributed by atoms with Crippen LogP contribution in [0.1, 0.15) is 13.8 Å². The molecule has 0 spiro atoms. The maximum absolute atomic E-state index is 9.09. The Hall–Kier alpha value is -1.52. The van der Waals surface area contributed by atoms with E-state index in [0.29, 0.717) is 5.46 Å². The first-order chi connectivity index (χ1) is 8.06. The van der Waals surface area contributed by atoms with Gasteiger partial charge in [-0.05, 0) is 42.2 Å². The fraction of sp³-hybridized carbons (Fsp3) is 0.231. The Morgan fingerprint density at radius 3 is 2.29 bits per heavy atom. The van der Waals surface area contributed by atoms with Crippen LogP contribution in [0.15, 0.2) is 36.4 Å². The molecule has 2 N–H and O–H groups in total. The van der Waals surface area contributed by atoms with Gasteiger partial charge in [0.1, 0.15) is 5.75 Å². The number of rotatable bonds is 3. The van der Waals surface area contributed by atoms with Crippen molar-refractivity contribution in [3.8, 4) is 5.75 Å². The highest BCUT2D eigenvalue weighted by Gasteiger charge is 2.11. The molecule has 0 heterocycles. The Morgan fingerprint density at radius 1 is 1.00 bits per heavy atom. The van der Waals surface area contributed by atoms with Crippen molar-refractivity contribution in [3.63, 3.8) is 0 Å². The van der Waals surface area contributed by atoms with Crippen LogP contribution >= 0.6 is 0 Å². The van der Waals surface area contributed by atoms with E-state index in [1.165, 1.54) is 0 Å². The lowest BCUT2D eigenvalue weighted by Gasteiger charge is -2.10. The van der Waals surface area contributed by atoms with E-state index in [0.717, 1.165) is 16.5 Å². The lowest BCUT2D eigenvalue weighted by molar-refractivity contribution is 0.243. The summed E-state index contributed by atoms with van der Waals surface area (Å²) in [6, 6.07) is 11.1. The number of hydrogen-bond acceptors (Lipinski definition) is 3. The largest absolute Gasteiger partial charge is 0.491 e. The van der Waals surface area contributed by atoms with Gasteiger partial charge in [-0.15, -0.1) is 0 Å². The summed E-state index contributed by atoms with van der Waals surface area (Å²) < 4.78 is 5.60. The molecular formula is C13H15BO3. The molecule has 3 nitrogen and oxygen atoms in total. The van der Waals surface area contributed by atoms with E-state index in [4.69, 9.17) is 14.8 Å². The van der Waals surface area contributed by atoms with Crippen LogP contribution in [0.3, 0.4) is 0 Å². The van der Waals surface area contributed by atoms with Gasteiger partial charge in [0.2, 0.25) is 0 Å². The molecule has 0 atom stereocenters. The van der Waals surface area contributed by atoms with Gasteiger partial charge in [-0.25, -0.2) is 0 Å². The second kappa shape index (κ2) is 4.78. The van der Waals surface area contributed by atoms with Crippen LogP contribution in [0.4, 0.5) is 0 Å². The second-order valence-electron chi connectivity index (χ2n) is 4.31. The van der Waals surface area contributed by atoms with Crippen molar-refractivity contribution < 1.29 is 14.8 Å². The number of ether oxygens (including phenoxy) is 1. The van der Waals surface area contributed by atoms with E-state index in [1.807, 2.05) is 38.1 Å². The smallest absolute Gasteiger partial charge is 0.488 e. The number of hydrogen-bond donors (Lipinski definition) is 2. The fourth-order valence-corrected chi connectivity index (χ4v) is 1.75. The minimum absolute atomic E-state index is 0.144. The molecule has 0 saturated heterocycles. The molecule has 17 heavy (non-hydrogen) atoms. The van der Waals surface area contributed by atoms with Crippen LogP contribution in [-0.2, 0) is 0 Å². The van der Waals surface area contributed by atoms with Gasteiger partial charge in [-0.3, -0.25) is 0 Å². The van der Waals surface area contributed by atoms with Crippen molar-refractivity contribution in [3.05, 3.63) is 36.4 Å². The van der Waals surface area contributed by atoms with Gasteiger partial charge < -0.3 is 14.8 Å². The molecule has 0 bridgehead atoms. The molecule has 0 radical (unpaired) electrons. The van der Waals surface area contributed by atoms with Crippen LogP contribution < -0.4 is 10.2 Å². The standard InChI is InChI=1S/C13H15BO3/c1-9(2)17-13-6-4-10-7-12(14(15)16)5-3-11(10)8-13/h3-9,15-16H,1-2H3. The molecule has 0 amide bonds. The first-order valence-corrected chi connectivity index (χ1v) is 5.63. The first kappa shape index (κ1) is 12.0. The van der Waals surface area contributed by atoms with E-state index in [-0.39, 0.29) is 6.10 Å². The van der Waals surface area contributed by atoms with Gasteiger partial charge in [-0.1, -0.05) is 24.3 Å². The van der Waals surface area contributed by atoms with E-state index in [1.54, 1.807) is 12.1 Å². The average Bonchev–Trinajstić information content (AvgIpc) is 2.27. The van der Waals surface area contributed by atoms with Gasteiger partial charge in [-0.2, -0.15) is 0 Å². The highest BCUT2D eigenvalue weighted by molar-refractivity contribution is 6.58. The van der Waals surface area contributed by atoms with E-state index in [9.17, 15) is 0 Å². The second-order valence-corrected chi connectivity index (χ2v) is 4.31. The summed E-state index contributed by atoms with van der Waals surface area (Å²) in [7, 11) is -1.43. The molecule has 0 aliphatic rings. The molecule has 4 heteroatoms. The summed E-state index contributed by atoms with van der Waals surface area (Å²) in [6.07, 6.45) is 0.144. The summed E-state index contributed by atoms with van der Waals surface area (Å²) in [6.45, 7) is 3.96. The normalized spacial score (nSPS) is 10.9. The fourth-order valence-electron chi connectivity index (χ4n) is 1.75. The topological polar surface area (TPSA) is 49.7 Å². The minimum atomic E-state index is -1.43. The molecule has 2 rings (SSSR count). The van der Waals surface area contributed by atoms with Crippen LogP contribution in [0, 0.1) is 0 Å². The summed E-state index contributed by atoms with van der Waals surface area (Å²) in [5, 5.41) is 20.2. The Bertz CT molecular complexity index is 523. The summed E-state index contributed by atoms with van der Waals surface area (Å²) in [5.41, 5.74) is 0.495. The molecule has 2 aromatic carbocycles. The lowest BCUT2D eigenvalue weighted by Crippen LogP contribution is -2.29.